The third-order valence-electron chi connectivity index (χ3n) is 5.84. The van der Waals surface area contributed by atoms with Crippen molar-refractivity contribution in [2.24, 2.45) is 7.05 Å². The van der Waals surface area contributed by atoms with E-state index in [0.29, 0.717) is 5.71 Å². The fraction of sp³-hybridized carbons (Fsp3) is 0.0769. The summed E-state index contributed by atoms with van der Waals surface area (Å²) >= 11 is 0. The standard InChI is InChI=1S/C26H19N2O/c1-16-10-13-20-21-15-18-12-11-17-7-3-4-8-19(17)24(18)27-26(21)29-25(20)23(16)22-9-5-6-14-28(22)2/h3-15H,1-2H3/q+1. The SMILES string of the molecule is Cc1ccc2c(oc3nc4c(ccc5ccccc54)cc32)c1-c1cccc[n+]1C. The molecule has 0 amide bonds. The van der Waals surface area contributed by atoms with Crippen molar-refractivity contribution in [3.05, 3.63) is 84.6 Å². The zero-order valence-corrected chi connectivity index (χ0v) is 16.3. The number of hydrogen-bond acceptors (Lipinski definition) is 2. The van der Waals surface area contributed by atoms with E-state index in [1.807, 2.05) is 6.07 Å². The molecule has 0 saturated carbocycles. The Bertz CT molecular complexity index is 1580. The van der Waals surface area contributed by atoms with Gasteiger partial charge in [0, 0.05) is 33.7 Å². The van der Waals surface area contributed by atoms with Crippen LogP contribution >= 0.6 is 0 Å². The Morgan fingerprint density at radius 3 is 2.52 bits per heavy atom. The Morgan fingerprint density at radius 2 is 1.62 bits per heavy atom. The van der Waals surface area contributed by atoms with E-state index in [-0.39, 0.29) is 0 Å². The van der Waals surface area contributed by atoms with E-state index in [1.165, 1.54) is 10.9 Å². The number of benzene rings is 3. The van der Waals surface area contributed by atoms with Crippen LogP contribution in [0.5, 0.6) is 0 Å². The van der Waals surface area contributed by atoms with Crippen LogP contribution < -0.4 is 4.57 Å². The zero-order chi connectivity index (χ0) is 19.5. The van der Waals surface area contributed by atoms with Crippen molar-refractivity contribution >= 4 is 43.7 Å². The minimum Gasteiger partial charge on any atom is -0.437 e. The number of fused-ring (bicyclic) bond motifs is 6. The normalized spacial score (nSPS) is 11.8. The second-order valence-corrected chi connectivity index (χ2v) is 7.63. The predicted octanol–water partition coefficient (Wildman–Crippen LogP) is 6.09. The summed E-state index contributed by atoms with van der Waals surface area (Å²) in [5.74, 6) is 0. The molecule has 0 radical (unpaired) electrons. The maximum atomic E-state index is 6.41. The van der Waals surface area contributed by atoms with Gasteiger partial charge >= 0.3 is 0 Å². The molecule has 0 aliphatic carbocycles. The molecule has 6 rings (SSSR count). The summed E-state index contributed by atoms with van der Waals surface area (Å²) in [5.41, 5.74) is 6.01. The number of aromatic nitrogens is 2. The first-order valence-corrected chi connectivity index (χ1v) is 9.80. The van der Waals surface area contributed by atoms with Gasteiger partial charge in [-0.15, -0.1) is 0 Å². The highest BCUT2D eigenvalue weighted by molar-refractivity contribution is 6.14. The largest absolute Gasteiger partial charge is 0.437 e. The summed E-state index contributed by atoms with van der Waals surface area (Å²) in [7, 11) is 2.06. The molecular formula is C26H19N2O+. The molecule has 0 fully saturated rings. The van der Waals surface area contributed by atoms with Crippen LogP contribution in [-0.2, 0) is 7.05 Å². The van der Waals surface area contributed by atoms with Gasteiger partial charge in [0.05, 0.1) is 11.1 Å². The minimum absolute atomic E-state index is 0.689. The molecule has 6 aromatic rings. The molecule has 0 saturated heterocycles. The minimum atomic E-state index is 0.689. The summed E-state index contributed by atoms with van der Waals surface area (Å²) in [6.07, 6.45) is 2.06. The molecule has 3 nitrogen and oxygen atoms in total. The summed E-state index contributed by atoms with van der Waals surface area (Å²) < 4.78 is 8.54. The van der Waals surface area contributed by atoms with Crippen LogP contribution in [0, 0.1) is 6.92 Å². The third kappa shape index (κ3) is 2.31. The molecule has 3 heteroatoms. The highest BCUT2D eigenvalue weighted by Crippen LogP contribution is 2.38. The predicted molar refractivity (Wildman–Crippen MR) is 118 cm³/mol. The lowest BCUT2D eigenvalue weighted by Gasteiger charge is -2.04. The van der Waals surface area contributed by atoms with E-state index in [9.17, 15) is 0 Å². The molecule has 0 N–H and O–H groups in total. The lowest BCUT2D eigenvalue weighted by molar-refractivity contribution is -0.660. The van der Waals surface area contributed by atoms with Gasteiger partial charge in [0.2, 0.25) is 11.4 Å². The van der Waals surface area contributed by atoms with Gasteiger partial charge in [-0.3, -0.25) is 0 Å². The second kappa shape index (κ2) is 5.89. The van der Waals surface area contributed by atoms with Crippen LogP contribution in [0.25, 0.3) is 55.0 Å². The molecule has 0 unspecified atom stereocenters. The first-order valence-electron chi connectivity index (χ1n) is 9.80. The van der Waals surface area contributed by atoms with E-state index >= 15 is 0 Å². The Balaban J connectivity index is 1.76. The first-order chi connectivity index (χ1) is 14.2. The molecular weight excluding hydrogens is 356 g/mol. The molecule has 138 valence electrons. The fourth-order valence-electron chi connectivity index (χ4n) is 4.36. The van der Waals surface area contributed by atoms with Gasteiger partial charge in [-0.25, -0.2) is 9.55 Å². The second-order valence-electron chi connectivity index (χ2n) is 7.63. The van der Waals surface area contributed by atoms with Crippen molar-refractivity contribution < 1.29 is 8.98 Å². The van der Waals surface area contributed by atoms with E-state index in [4.69, 9.17) is 9.40 Å². The van der Waals surface area contributed by atoms with Crippen molar-refractivity contribution in [3.63, 3.8) is 0 Å². The van der Waals surface area contributed by atoms with Gasteiger partial charge in [0.25, 0.3) is 0 Å². The molecule has 0 aliphatic heterocycles. The van der Waals surface area contributed by atoms with Gasteiger partial charge in [0.1, 0.15) is 7.05 Å². The van der Waals surface area contributed by atoms with E-state index in [2.05, 4.69) is 91.5 Å². The van der Waals surface area contributed by atoms with Gasteiger partial charge in [-0.1, -0.05) is 48.5 Å². The first kappa shape index (κ1) is 16.3. The summed E-state index contributed by atoms with van der Waals surface area (Å²) in [6, 6.07) is 25.4. The zero-order valence-electron chi connectivity index (χ0n) is 16.3. The molecule has 29 heavy (non-hydrogen) atoms. The van der Waals surface area contributed by atoms with Crippen molar-refractivity contribution in [3.8, 4) is 11.3 Å². The smallest absolute Gasteiger partial charge is 0.227 e. The van der Waals surface area contributed by atoms with Crippen LogP contribution in [0.1, 0.15) is 5.56 Å². The lowest BCUT2D eigenvalue weighted by Crippen LogP contribution is -2.30. The topological polar surface area (TPSA) is 29.9 Å². The average Bonchev–Trinajstić information content (AvgIpc) is 3.10. The van der Waals surface area contributed by atoms with Crippen LogP contribution in [0.15, 0.2) is 83.4 Å². The van der Waals surface area contributed by atoms with Crippen molar-refractivity contribution in [2.45, 2.75) is 6.92 Å². The van der Waals surface area contributed by atoms with Crippen molar-refractivity contribution in [1.29, 1.82) is 0 Å². The van der Waals surface area contributed by atoms with Crippen molar-refractivity contribution in [2.75, 3.05) is 0 Å². The van der Waals surface area contributed by atoms with Gasteiger partial charge in [0.15, 0.2) is 11.8 Å². The number of nitrogens with zero attached hydrogens (tertiary/aromatic N) is 2. The summed E-state index contributed by atoms with van der Waals surface area (Å²) in [5, 5.41) is 5.63. The van der Waals surface area contributed by atoms with Gasteiger partial charge < -0.3 is 4.42 Å². The van der Waals surface area contributed by atoms with Gasteiger partial charge in [-0.2, -0.15) is 0 Å². The van der Waals surface area contributed by atoms with E-state index in [0.717, 1.165) is 43.9 Å². The maximum absolute atomic E-state index is 6.41. The molecule has 0 aliphatic rings. The monoisotopic (exact) mass is 375 g/mol. The average molecular weight is 375 g/mol. The molecule has 3 heterocycles. The molecule has 3 aromatic carbocycles. The third-order valence-corrected chi connectivity index (χ3v) is 5.84. The fourth-order valence-corrected chi connectivity index (χ4v) is 4.36. The Hall–Kier alpha value is -3.72. The van der Waals surface area contributed by atoms with E-state index < -0.39 is 0 Å². The van der Waals surface area contributed by atoms with Crippen molar-refractivity contribution in [1.82, 2.24) is 4.98 Å². The van der Waals surface area contributed by atoms with Crippen LogP contribution in [0.3, 0.4) is 0 Å². The highest BCUT2D eigenvalue weighted by Gasteiger charge is 2.21. The van der Waals surface area contributed by atoms with Gasteiger partial charge in [-0.05, 0) is 30.0 Å². The number of furan rings is 1. The lowest BCUT2D eigenvalue weighted by atomic mass is 10.00. The highest BCUT2D eigenvalue weighted by atomic mass is 16.3. The Kier molecular flexibility index (Phi) is 3.30. The number of rotatable bonds is 1. The van der Waals surface area contributed by atoms with Crippen LogP contribution in [-0.4, -0.2) is 4.98 Å². The number of hydrogen-bond donors (Lipinski definition) is 0. The summed E-state index contributed by atoms with van der Waals surface area (Å²) in [6.45, 7) is 2.13. The number of aryl methyl sites for hydroxylation is 2. The summed E-state index contributed by atoms with van der Waals surface area (Å²) in [4.78, 5) is 4.96. The molecule has 0 spiro atoms. The molecule has 0 atom stereocenters. The van der Waals surface area contributed by atoms with E-state index in [1.54, 1.807) is 0 Å². The quantitative estimate of drug-likeness (QED) is 0.257. The molecule has 0 bridgehead atoms. The Labute approximate surface area is 167 Å². The number of pyridine rings is 2. The van der Waals surface area contributed by atoms with Crippen LogP contribution in [0.2, 0.25) is 0 Å². The maximum Gasteiger partial charge on any atom is 0.227 e. The molecule has 3 aromatic heterocycles. The van der Waals surface area contributed by atoms with Crippen LogP contribution in [0.4, 0.5) is 0 Å². The Morgan fingerprint density at radius 1 is 0.793 bits per heavy atom.